The van der Waals surface area contributed by atoms with Gasteiger partial charge in [0.15, 0.2) is 5.13 Å². The molecule has 1 N–H and O–H groups in total. The van der Waals surface area contributed by atoms with Crippen LogP contribution in [0.3, 0.4) is 0 Å². The summed E-state index contributed by atoms with van der Waals surface area (Å²) < 4.78 is 1.28. The Balaban J connectivity index is 1.72. The summed E-state index contributed by atoms with van der Waals surface area (Å²) in [6, 6.07) is 8.37. The monoisotopic (exact) mass is 261 g/mol. The normalized spacial score (nSPS) is 20.2. The van der Waals surface area contributed by atoms with Crippen LogP contribution in [0.4, 0.5) is 5.13 Å². The molecular formula is C14H19N3S. The molecule has 0 amide bonds. The van der Waals surface area contributed by atoms with Gasteiger partial charge in [0, 0.05) is 13.6 Å². The second-order valence-electron chi connectivity index (χ2n) is 5.06. The number of rotatable bonds is 3. The summed E-state index contributed by atoms with van der Waals surface area (Å²) in [6.45, 7) is 3.43. The fraction of sp³-hybridized carbons (Fsp3) is 0.500. The molecule has 1 aromatic heterocycles. The molecule has 0 aliphatic carbocycles. The number of hydrogen-bond acceptors (Lipinski definition) is 4. The van der Waals surface area contributed by atoms with Crippen molar-refractivity contribution in [1.82, 2.24) is 10.3 Å². The van der Waals surface area contributed by atoms with E-state index in [-0.39, 0.29) is 0 Å². The van der Waals surface area contributed by atoms with Crippen LogP contribution < -0.4 is 10.2 Å². The molecule has 1 saturated heterocycles. The lowest BCUT2D eigenvalue weighted by atomic mass is 9.99. The second kappa shape index (κ2) is 5.24. The predicted molar refractivity (Wildman–Crippen MR) is 78.5 cm³/mol. The molecule has 1 aliphatic heterocycles. The van der Waals surface area contributed by atoms with E-state index in [4.69, 9.17) is 4.98 Å². The summed E-state index contributed by atoms with van der Waals surface area (Å²) in [5, 5.41) is 4.62. The molecule has 0 radical (unpaired) electrons. The molecule has 1 atom stereocenters. The zero-order valence-corrected chi connectivity index (χ0v) is 11.5. The van der Waals surface area contributed by atoms with Crippen molar-refractivity contribution in [2.24, 2.45) is 5.92 Å². The van der Waals surface area contributed by atoms with E-state index in [0.717, 1.165) is 29.7 Å². The molecule has 18 heavy (non-hydrogen) atoms. The third-order valence-corrected chi connectivity index (χ3v) is 4.69. The van der Waals surface area contributed by atoms with Gasteiger partial charge in [-0.15, -0.1) is 0 Å². The van der Waals surface area contributed by atoms with Crippen LogP contribution in [0.15, 0.2) is 24.3 Å². The highest BCUT2D eigenvalue weighted by Gasteiger charge is 2.16. The first-order chi connectivity index (χ1) is 8.83. The Bertz CT molecular complexity index is 483. The summed E-state index contributed by atoms with van der Waals surface area (Å²) in [5.41, 5.74) is 1.12. The number of aromatic nitrogens is 1. The van der Waals surface area contributed by atoms with Crippen LogP contribution in [0, 0.1) is 5.92 Å². The van der Waals surface area contributed by atoms with Crippen molar-refractivity contribution in [1.29, 1.82) is 0 Å². The average molecular weight is 261 g/mol. The van der Waals surface area contributed by atoms with E-state index in [1.54, 1.807) is 11.3 Å². The van der Waals surface area contributed by atoms with Crippen molar-refractivity contribution < 1.29 is 0 Å². The molecule has 3 nitrogen and oxygen atoms in total. The van der Waals surface area contributed by atoms with Crippen LogP contribution >= 0.6 is 11.3 Å². The lowest BCUT2D eigenvalue weighted by Gasteiger charge is -2.27. The minimum atomic E-state index is 0.760. The Labute approximate surface area is 112 Å². The highest BCUT2D eigenvalue weighted by Crippen LogP contribution is 2.28. The third-order valence-electron chi connectivity index (χ3n) is 3.54. The maximum atomic E-state index is 4.70. The fourth-order valence-corrected chi connectivity index (χ4v) is 3.50. The van der Waals surface area contributed by atoms with Gasteiger partial charge < -0.3 is 10.2 Å². The summed E-state index contributed by atoms with van der Waals surface area (Å²) in [7, 11) is 2.16. The van der Waals surface area contributed by atoms with Gasteiger partial charge >= 0.3 is 0 Å². The molecule has 0 bridgehead atoms. The Kier molecular flexibility index (Phi) is 3.48. The van der Waals surface area contributed by atoms with Gasteiger partial charge in [0.1, 0.15) is 0 Å². The number of nitrogens with zero attached hydrogens (tertiary/aromatic N) is 2. The maximum Gasteiger partial charge on any atom is 0.186 e. The van der Waals surface area contributed by atoms with E-state index in [9.17, 15) is 0 Å². The number of hydrogen-bond donors (Lipinski definition) is 1. The van der Waals surface area contributed by atoms with Crippen molar-refractivity contribution >= 4 is 26.7 Å². The van der Waals surface area contributed by atoms with Crippen molar-refractivity contribution in [2.45, 2.75) is 12.8 Å². The molecule has 3 rings (SSSR count). The van der Waals surface area contributed by atoms with E-state index in [1.807, 2.05) is 0 Å². The maximum absolute atomic E-state index is 4.70. The molecule has 0 unspecified atom stereocenters. The first kappa shape index (κ1) is 11.9. The summed E-state index contributed by atoms with van der Waals surface area (Å²) in [6.07, 6.45) is 2.64. The quantitative estimate of drug-likeness (QED) is 0.921. The van der Waals surface area contributed by atoms with E-state index >= 15 is 0 Å². The lowest BCUT2D eigenvalue weighted by molar-refractivity contribution is 0.381. The van der Waals surface area contributed by atoms with Crippen molar-refractivity contribution in [3.8, 4) is 0 Å². The van der Waals surface area contributed by atoms with Gasteiger partial charge in [-0.2, -0.15) is 0 Å². The Morgan fingerprint density at radius 2 is 2.33 bits per heavy atom. The number of thiazole rings is 1. The van der Waals surface area contributed by atoms with Crippen molar-refractivity contribution in [3.63, 3.8) is 0 Å². The third kappa shape index (κ3) is 2.49. The molecule has 0 saturated carbocycles. The first-order valence-corrected chi connectivity index (χ1v) is 7.42. The van der Waals surface area contributed by atoms with Crippen molar-refractivity contribution in [3.05, 3.63) is 24.3 Å². The summed E-state index contributed by atoms with van der Waals surface area (Å²) >= 11 is 1.79. The smallest absolute Gasteiger partial charge is 0.186 e. The summed E-state index contributed by atoms with van der Waals surface area (Å²) in [4.78, 5) is 7.01. The van der Waals surface area contributed by atoms with Crippen LogP contribution in [-0.4, -0.2) is 31.7 Å². The van der Waals surface area contributed by atoms with E-state index < -0.39 is 0 Å². The highest BCUT2D eigenvalue weighted by atomic mass is 32.1. The minimum Gasteiger partial charge on any atom is -0.351 e. The van der Waals surface area contributed by atoms with Crippen LogP contribution in [0.1, 0.15) is 12.8 Å². The molecule has 1 aliphatic rings. The molecule has 1 fully saturated rings. The standard InChI is InChI=1S/C14H19N3S/c1-17(10-11-5-4-8-15-9-11)14-16-12-6-2-3-7-13(12)18-14/h2-3,6-7,11,15H,4-5,8-10H2,1H3/t11-/m1/s1. The second-order valence-corrected chi connectivity index (χ2v) is 6.07. The van der Waals surface area contributed by atoms with E-state index in [0.29, 0.717) is 0 Å². The first-order valence-electron chi connectivity index (χ1n) is 6.60. The number of benzene rings is 1. The van der Waals surface area contributed by atoms with Crippen LogP contribution in [0.25, 0.3) is 10.2 Å². The van der Waals surface area contributed by atoms with Crippen molar-refractivity contribution in [2.75, 3.05) is 31.6 Å². The van der Waals surface area contributed by atoms with Gasteiger partial charge in [0.05, 0.1) is 10.2 Å². The number of piperidine rings is 1. The van der Waals surface area contributed by atoms with Crippen LogP contribution in [0.5, 0.6) is 0 Å². The number of fused-ring (bicyclic) bond motifs is 1. The molecule has 0 spiro atoms. The number of para-hydroxylation sites is 1. The van der Waals surface area contributed by atoms with Crippen LogP contribution in [-0.2, 0) is 0 Å². The zero-order valence-electron chi connectivity index (χ0n) is 10.7. The predicted octanol–water partition coefficient (Wildman–Crippen LogP) is 2.73. The SMILES string of the molecule is CN(C[C@@H]1CCCNC1)c1nc2ccccc2s1. The van der Waals surface area contributed by atoms with Gasteiger partial charge in [0.25, 0.3) is 0 Å². The molecule has 1 aromatic carbocycles. The molecule has 96 valence electrons. The number of nitrogens with one attached hydrogen (secondary N) is 1. The Morgan fingerprint density at radius 3 is 3.11 bits per heavy atom. The molecule has 2 aromatic rings. The largest absolute Gasteiger partial charge is 0.351 e. The molecule has 4 heteroatoms. The van der Waals surface area contributed by atoms with Gasteiger partial charge in [-0.25, -0.2) is 4.98 Å². The lowest BCUT2D eigenvalue weighted by Crippen LogP contribution is -2.36. The van der Waals surface area contributed by atoms with E-state index in [2.05, 4.69) is 41.5 Å². The fourth-order valence-electron chi connectivity index (χ4n) is 2.57. The topological polar surface area (TPSA) is 28.2 Å². The number of anilines is 1. The van der Waals surface area contributed by atoms with E-state index in [1.165, 1.54) is 24.1 Å². The van der Waals surface area contributed by atoms with Gasteiger partial charge in [-0.05, 0) is 44.0 Å². The van der Waals surface area contributed by atoms with Gasteiger partial charge in [-0.3, -0.25) is 0 Å². The summed E-state index contributed by atoms with van der Waals surface area (Å²) in [5.74, 6) is 0.760. The highest BCUT2D eigenvalue weighted by molar-refractivity contribution is 7.22. The minimum absolute atomic E-state index is 0.760. The van der Waals surface area contributed by atoms with Gasteiger partial charge in [0.2, 0.25) is 0 Å². The van der Waals surface area contributed by atoms with Gasteiger partial charge in [-0.1, -0.05) is 23.5 Å². The Hall–Kier alpha value is -1.13. The molecule has 2 heterocycles. The molecular weight excluding hydrogens is 242 g/mol. The Morgan fingerprint density at radius 1 is 1.44 bits per heavy atom. The zero-order chi connectivity index (χ0) is 12.4. The average Bonchev–Trinajstić information content (AvgIpc) is 2.84. The van der Waals surface area contributed by atoms with Crippen LogP contribution in [0.2, 0.25) is 0 Å².